The molecule has 1 heterocycles. The van der Waals surface area contributed by atoms with Crippen molar-refractivity contribution in [3.05, 3.63) is 70.2 Å². The highest BCUT2D eigenvalue weighted by atomic mass is 35.5. The van der Waals surface area contributed by atoms with Crippen molar-refractivity contribution < 1.29 is 9.59 Å². The maximum atomic E-state index is 12.5. The molecule has 0 bridgehead atoms. The van der Waals surface area contributed by atoms with Crippen molar-refractivity contribution >= 4 is 23.5 Å². The van der Waals surface area contributed by atoms with Gasteiger partial charge in [-0.05, 0) is 60.4 Å². The molecule has 4 rings (SSSR count). The molecule has 2 atom stereocenters. The third-order valence-corrected chi connectivity index (χ3v) is 6.45. The van der Waals surface area contributed by atoms with Gasteiger partial charge in [0, 0.05) is 24.2 Å². The Balaban J connectivity index is 1.24. The average molecular weight is 426 g/mol. The minimum atomic E-state index is -0.266. The molecule has 1 aliphatic heterocycles. The predicted octanol–water partition coefficient (Wildman–Crippen LogP) is 4.25. The zero-order valence-electron chi connectivity index (χ0n) is 17.1. The van der Waals surface area contributed by atoms with Crippen LogP contribution in [0.2, 0.25) is 5.02 Å². The van der Waals surface area contributed by atoms with E-state index in [2.05, 4.69) is 28.8 Å². The van der Waals surface area contributed by atoms with Crippen LogP contribution in [0.1, 0.15) is 48.3 Å². The van der Waals surface area contributed by atoms with Gasteiger partial charge in [0.1, 0.15) is 0 Å². The number of hydrogen-bond acceptors (Lipinski definition) is 2. The van der Waals surface area contributed by atoms with E-state index < -0.39 is 0 Å². The van der Waals surface area contributed by atoms with E-state index in [-0.39, 0.29) is 24.5 Å². The van der Waals surface area contributed by atoms with Gasteiger partial charge in [-0.15, -0.1) is 0 Å². The Morgan fingerprint density at radius 2 is 1.90 bits per heavy atom. The minimum absolute atomic E-state index is 0.0262. The van der Waals surface area contributed by atoms with Crippen LogP contribution in [0.15, 0.2) is 48.5 Å². The lowest BCUT2D eigenvalue weighted by Gasteiger charge is -2.31. The number of carbonyl (C=O) groups excluding carboxylic acids is 2. The molecule has 3 amide bonds. The maximum absolute atomic E-state index is 12.5. The summed E-state index contributed by atoms with van der Waals surface area (Å²) in [5.41, 5.74) is 3.73. The van der Waals surface area contributed by atoms with Crippen LogP contribution in [0.25, 0.3) is 0 Å². The van der Waals surface area contributed by atoms with Gasteiger partial charge in [-0.2, -0.15) is 0 Å². The molecule has 2 unspecified atom stereocenters. The second-order valence-electron chi connectivity index (χ2n) is 8.28. The van der Waals surface area contributed by atoms with E-state index in [0.29, 0.717) is 19.0 Å². The highest BCUT2D eigenvalue weighted by Gasteiger charge is 2.25. The van der Waals surface area contributed by atoms with Gasteiger partial charge in [0.25, 0.3) is 0 Å². The first kappa shape index (κ1) is 20.7. The average Bonchev–Trinajstić information content (AvgIpc) is 2.77. The lowest BCUT2D eigenvalue weighted by molar-refractivity contribution is -0.131. The van der Waals surface area contributed by atoms with Gasteiger partial charge < -0.3 is 15.5 Å². The van der Waals surface area contributed by atoms with E-state index in [1.54, 1.807) is 0 Å². The zero-order valence-corrected chi connectivity index (χ0v) is 17.8. The van der Waals surface area contributed by atoms with Gasteiger partial charge in [-0.3, -0.25) is 4.79 Å². The Bertz CT molecular complexity index is 917. The molecule has 0 spiro atoms. The molecular formula is C24H28ClN3O2. The van der Waals surface area contributed by atoms with Crippen LogP contribution in [0.5, 0.6) is 0 Å². The number of halogens is 1. The number of rotatable bonds is 4. The summed E-state index contributed by atoms with van der Waals surface area (Å²) in [4.78, 5) is 26.7. The van der Waals surface area contributed by atoms with Crippen molar-refractivity contribution in [3.8, 4) is 0 Å². The zero-order chi connectivity index (χ0) is 20.9. The number of hydrogen-bond donors (Lipinski definition) is 2. The van der Waals surface area contributed by atoms with Crippen molar-refractivity contribution in [2.24, 2.45) is 0 Å². The molecule has 158 valence electrons. The molecule has 2 aliphatic rings. The van der Waals surface area contributed by atoms with Crippen LogP contribution in [-0.4, -0.2) is 36.0 Å². The Labute approximate surface area is 182 Å². The lowest BCUT2D eigenvalue weighted by Crippen LogP contribution is -2.48. The normalized spacial score (nSPS) is 20.9. The van der Waals surface area contributed by atoms with Crippen LogP contribution in [0, 0.1) is 0 Å². The van der Waals surface area contributed by atoms with Gasteiger partial charge in [-0.1, -0.05) is 54.4 Å². The van der Waals surface area contributed by atoms with Crippen molar-refractivity contribution in [2.45, 2.75) is 50.6 Å². The fourth-order valence-corrected chi connectivity index (χ4v) is 4.80. The third-order valence-electron chi connectivity index (χ3n) is 6.21. The molecule has 2 aromatic carbocycles. The van der Waals surface area contributed by atoms with Crippen LogP contribution >= 0.6 is 11.6 Å². The number of fused-ring (bicyclic) bond motifs is 1. The molecule has 5 nitrogen and oxygen atoms in total. The molecule has 0 radical (unpaired) electrons. The Morgan fingerprint density at radius 3 is 2.73 bits per heavy atom. The van der Waals surface area contributed by atoms with Crippen LogP contribution in [0.3, 0.4) is 0 Å². The summed E-state index contributed by atoms with van der Waals surface area (Å²) in [6, 6.07) is 16.0. The second kappa shape index (κ2) is 9.52. The van der Waals surface area contributed by atoms with Crippen LogP contribution in [-0.2, 0) is 17.8 Å². The second-order valence-corrected chi connectivity index (χ2v) is 8.71. The molecule has 1 fully saturated rings. The van der Waals surface area contributed by atoms with E-state index in [4.69, 9.17) is 11.6 Å². The van der Waals surface area contributed by atoms with Gasteiger partial charge >= 0.3 is 6.03 Å². The number of nitrogens with one attached hydrogen (secondary N) is 2. The first-order valence-corrected chi connectivity index (χ1v) is 11.1. The molecule has 1 saturated carbocycles. The number of nitrogens with zero attached hydrogens (tertiary/aromatic N) is 1. The molecule has 2 N–H and O–H groups in total. The Kier molecular flexibility index (Phi) is 6.58. The molecule has 2 aromatic rings. The largest absolute Gasteiger partial charge is 0.336 e. The minimum Gasteiger partial charge on any atom is -0.336 e. The number of amides is 3. The van der Waals surface area contributed by atoms with Crippen molar-refractivity contribution in [2.75, 3.05) is 13.1 Å². The first-order chi connectivity index (χ1) is 14.6. The van der Waals surface area contributed by atoms with E-state index in [1.165, 1.54) is 16.7 Å². The van der Waals surface area contributed by atoms with E-state index >= 15 is 0 Å². The van der Waals surface area contributed by atoms with Crippen molar-refractivity contribution in [1.29, 1.82) is 0 Å². The number of carbonyl (C=O) groups is 2. The molecule has 0 aromatic heterocycles. The summed E-state index contributed by atoms with van der Waals surface area (Å²) in [5.74, 6) is 0.359. The van der Waals surface area contributed by atoms with Gasteiger partial charge in [0.05, 0.1) is 6.54 Å². The SMILES string of the molecule is O=C(NCC(=O)N1CCc2ccccc2C1)NC1CCCC(c2cccc(Cl)c2)C1. The summed E-state index contributed by atoms with van der Waals surface area (Å²) < 4.78 is 0. The quantitative estimate of drug-likeness (QED) is 0.769. The fourth-order valence-electron chi connectivity index (χ4n) is 4.60. The van der Waals surface area contributed by atoms with E-state index in [9.17, 15) is 9.59 Å². The van der Waals surface area contributed by atoms with Crippen LogP contribution in [0.4, 0.5) is 4.79 Å². The number of benzene rings is 2. The monoisotopic (exact) mass is 425 g/mol. The predicted molar refractivity (Wildman–Crippen MR) is 119 cm³/mol. The van der Waals surface area contributed by atoms with Gasteiger partial charge in [-0.25, -0.2) is 4.79 Å². The maximum Gasteiger partial charge on any atom is 0.315 e. The van der Waals surface area contributed by atoms with Gasteiger partial charge in [0.15, 0.2) is 0 Å². The van der Waals surface area contributed by atoms with Gasteiger partial charge in [0.2, 0.25) is 5.91 Å². The standard InChI is InChI=1S/C24H28ClN3O2/c25-21-9-3-7-18(13-21)19-8-4-10-22(14-19)27-24(30)26-15-23(29)28-12-11-17-5-1-2-6-20(17)16-28/h1-3,5-7,9,13,19,22H,4,8,10-12,14-16H2,(H2,26,27,30). The Morgan fingerprint density at radius 1 is 1.07 bits per heavy atom. The topological polar surface area (TPSA) is 61.4 Å². The molecule has 0 saturated heterocycles. The first-order valence-electron chi connectivity index (χ1n) is 10.7. The highest BCUT2D eigenvalue weighted by Crippen LogP contribution is 2.33. The molecule has 1 aliphatic carbocycles. The van der Waals surface area contributed by atoms with Crippen LogP contribution < -0.4 is 10.6 Å². The van der Waals surface area contributed by atoms with Crippen molar-refractivity contribution in [3.63, 3.8) is 0 Å². The van der Waals surface area contributed by atoms with Crippen molar-refractivity contribution in [1.82, 2.24) is 15.5 Å². The molecule has 6 heteroatoms. The summed E-state index contributed by atoms with van der Waals surface area (Å²) in [6.07, 6.45) is 4.89. The summed E-state index contributed by atoms with van der Waals surface area (Å²) in [7, 11) is 0. The van der Waals surface area contributed by atoms with E-state index in [1.807, 2.05) is 35.2 Å². The number of urea groups is 1. The van der Waals surface area contributed by atoms with E-state index in [0.717, 1.165) is 37.1 Å². The molecular weight excluding hydrogens is 398 g/mol. The summed E-state index contributed by atoms with van der Waals surface area (Å²) in [6.45, 7) is 1.34. The smallest absolute Gasteiger partial charge is 0.315 e. The summed E-state index contributed by atoms with van der Waals surface area (Å²) >= 11 is 6.13. The summed E-state index contributed by atoms with van der Waals surface area (Å²) in [5, 5.41) is 6.55. The third kappa shape index (κ3) is 5.14. The lowest BCUT2D eigenvalue weighted by atomic mass is 9.81. The molecule has 30 heavy (non-hydrogen) atoms. The highest BCUT2D eigenvalue weighted by molar-refractivity contribution is 6.30. The Hall–Kier alpha value is -2.53. The fraction of sp³-hybridized carbons (Fsp3) is 0.417.